The lowest BCUT2D eigenvalue weighted by Gasteiger charge is -2.32. The van der Waals surface area contributed by atoms with Crippen LogP contribution in [0.2, 0.25) is 0 Å². The number of hydrogen-bond donors (Lipinski definition) is 0. The molecule has 0 bridgehead atoms. The van der Waals surface area contributed by atoms with Gasteiger partial charge in [0, 0.05) is 30.3 Å². The zero-order valence-electron chi connectivity index (χ0n) is 13.6. The summed E-state index contributed by atoms with van der Waals surface area (Å²) in [6.45, 7) is 0.942. The Morgan fingerprint density at radius 2 is 1.92 bits per heavy atom. The third-order valence-electron chi connectivity index (χ3n) is 4.23. The van der Waals surface area contributed by atoms with E-state index in [0.29, 0.717) is 18.7 Å². The number of rotatable bonds is 4. The number of benzene rings is 2. The van der Waals surface area contributed by atoms with Crippen LogP contribution in [0, 0.1) is 17.5 Å². The van der Waals surface area contributed by atoms with E-state index in [9.17, 15) is 18.0 Å². The maximum Gasteiger partial charge on any atom is 0.254 e. The normalized spacial score (nSPS) is 17.6. The van der Waals surface area contributed by atoms with E-state index in [0.717, 1.165) is 18.9 Å². The molecular weight excluding hydrogens is 331 g/mol. The molecule has 1 saturated heterocycles. The maximum absolute atomic E-state index is 13.6. The van der Waals surface area contributed by atoms with Crippen molar-refractivity contribution in [2.75, 3.05) is 13.1 Å². The zero-order valence-corrected chi connectivity index (χ0v) is 13.6. The van der Waals surface area contributed by atoms with Crippen LogP contribution < -0.4 is 0 Å². The highest BCUT2D eigenvalue weighted by Crippen LogP contribution is 2.19. The van der Waals surface area contributed by atoms with Crippen LogP contribution >= 0.6 is 0 Å². The predicted octanol–water partition coefficient (Wildman–Crippen LogP) is 3.93. The topological polar surface area (TPSA) is 29.5 Å². The van der Waals surface area contributed by atoms with Gasteiger partial charge in [0.15, 0.2) is 0 Å². The lowest BCUT2D eigenvalue weighted by molar-refractivity contribution is -0.00765. The minimum absolute atomic E-state index is 0.0127. The molecule has 2 aromatic carbocycles. The molecule has 0 saturated carbocycles. The molecule has 1 aliphatic heterocycles. The molecular formula is C19H18F3NO2. The van der Waals surface area contributed by atoms with E-state index < -0.39 is 17.5 Å². The minimum Gasteiger partial charge on any atom is -0.372 e. The molecule has 6 heteroatoms. The Balaban J connectivity index is 1.60. The van der Waals surface area contributed by atoms with Gasteiger partial charge in [-0.25, -0.2) is 13.2 Å². The van der Waals surface area contributed by atoms with Crippen molar-refractivity contribution in [1.82, 2.24) is 4.90 Å². The van der Waals surface area contributed by atoms with Crippen LogP contribution in [0.5, 0.6) is 0 Å². The highest BCUT2D eigenvalue weighted by Gasteiger charge is 2.25. The van der Waals surface area contributed by atoms with Gasteiger partial charge in [-0.15, -0.1) is 0 Å². The summed E-state index contributed by atoms with van der Waals surface area (Å²) in [6, 6.07) is 8.92. The molecule has 0 N–H and O–H groups in total. The van der Waals surface area contributed by atoms with Crippen LogP contribution in [0.1, 0.15) is 28.8 Å². The van der Waals surface area contributed by atoms with Crippen molar-refractivity contribution in [3.63, 3.8) is 0 Å². The molecule has 0 spiro atoms. The van der Waals surface area contributed by atoms with Gasteiger partial charge in [0.2, 0.25) is 0 Å². The zero-order chi connectivity index (χ0) is 17.8. The van der Waals surface area contributed by atoms with Crippen LogP contribution in [0.3, 0.4) is 0 Å². The predicted molar refractivity (Wildman–Crippen MR) is 86.5 cm³/mol. The van der Waals surface area contributed by atoms with E-state index in [1.165, 1.54) is 30.3 Å². The molecule has 0 aliphatic carbocycles. The molecule has 1 heterocycles. The monoisotopic (exact) mass is 349 g/mol. The lowest BCUT2D eigenvalue weighted by atomic mass is 10.1. The van der Waals surface area contributed by atoms with Gasteiger partial charge in [-0.2, -0.15) is 0 Å². The largest absolute Gasteiger partial charge is 0.372 e. The number of likely N-dealkylation sites (tertiary alicyclic amines) is 1. The first-order valence-electron chi connectivity index (χ1n) is 8.13. The third kappa shape index (κ3) is 4.39. The maximum atomic E-state index is 13.6. The van der Waals surface area contributed by atoms with Gasteiger partial charge < -0.3 is 9.64 Å². The summed E-state index contributed by atoms with van der Waals surface area (Å²) in [6.07, 6.45) is 1.25. The Bertz CT molecular complexity index is 766. The minimum atomic E-state index is -0.650. The molecule has 2 aromatic rings. The second-order valence-electron chi connectivity index (χ2n) is 6.07. The average Bonchev–Trinajstić information content (AvgIpc) is 2.60. The van der Waals surface area contributed by atoms with Crippen LogP contribution in [-0.2, 0) is 11.3 Å². The van der Waals surface area contributed by atoms with E-state index in [2.05, 4.69) is 0 Å². The second kappa shape index (κ2) is 7.70. The number of ether oxygens (including phenoxy) is 1. The third-order valence-corrected chi connectivity index (χ3v) is 4.23. The Labute approximate surface area is 144 Å². The number of piperidine rings is 1. The quantitative estimate of drug-likeness (QED) is 0.837. The van der Waals surface area contributed by atoms with Crippen molar-refractivity contribution in [1.29, 1.82) is 0 Å². The van der Waals surface area contributed by atoms with Crippen molar-refractivity contribution in [3.8, 4) is 0 Å². The van der Waals surface area contributed by atoms with Gasteiger partial charge in [0.1, 0.15) is 17.5 Å². The van der Waals surface area contributed by atoms with E-state index in [4.69, 9.17) is 4.74 Å². The number of nitrogens with zero attached hydrogens (tertiary/aromatic N) is 1. The van der Waals surface area contributed by atoms with Gasteiger partial charge >= 0.3 is 0 Å². The molecule has 132 valence electrons. The molecule has 0 radical (unpaired) electrons. The highest BCUT2D eigenvalue weighted by atomic mass is 19.1. The van der Waals surface area contributed by atoms with Crippen LogP contribution in [0.15, 0.2) is 42.5 Å². The molecule has 25 heavy (non-hydrogen) atoms. The summed E-state index contributed by atoms with van der Waals surface area (Å²) in [4.78, 5) is 14.1. The van der Waals surface area contributed by atoms with Gasteiger partial charge in [-0.1, -0.05) is 12.1 Å². The van der Waals surface area contributed by atoms with Crippen LogP contribution in [-0.4, -0.2) is 30.0 Å². The summed E-state index contributed by atoms with van der Waals surface area (Å²) in [5.41, 5.74) is 0.570. The first kappa shape index (κ1) is 17.5. The molecule has 1 amide bonds. The SMILES string of the molecule is O=C(c1cccc(F)c1)N1CCC[C@@H](OCc2ccc(F)cc2F)C1. The fourth-order valence-corrected chi connectivity index (χ4v) is 2.91. The lowest BCUT2D eigenvalue weighted by Crippen LogP contribution is -2.43. The number of carbonyl (C=O) groups excluding carboxylic acids is 1. The second-order valence-corrected chi connectivity index (χ2v) is 6.07. The summed E-state index contributed by atoms with van der Waals surface area (Å²) in [5, 5.41) is 0. The number of halogens is 3. The Morgan fingerprint density at radius 3 is 2.68 bits per heavy atom. The molecule has 1 atom stereocenters. The van der Waals surface area contributed by atoms with Crippen molar-refractivity contribution >= 4 is 5.91 Å². The first-order chi connectivity index (χ1) is 12.0. The molecule has 1 fully saturated rings. The molecule has 0 aromatic heterocycles. The highest BCUT2D eigenvalue weighted by molar-refractivity contribution is 5.94. The fraction of sp³-hybridized carbons (Fsp3) is 0.316. The van der Waals surface area contributed by atoms with E-state index >= 15 is 0 Å². The van der Waals surface area contributed by atoms with Gasteiger partial charge in [0.25, 0.3) is 5.91 Å². The number of carbonyl (C=O) groups is 1. The summed E-state index contributed by atoms with van der Waals surface area (Å²) >= 11 is 0. The summed E-state index contributed by atoms with van der Waals surface area (Å²) in [7, 11) is 0. The Kier molecular flexibility index (Phi) is 5.38. The van der Waals surface area contributed by atoms with Gasteiger partial charge in [-0.3, -0.25) is 4.79 Å². The van der Waals surface area contributed by atoms with E-state index in [-0.39, 0.29) is 24.2 Å². The molecule has 3 nitrogen and oxygen atoms in total. The van der Waals surface area contributed by atoms with E-state index in [1.807, 2.05) is 0 Å². The Hall–Kier alpha value is -2.34. The summed E-state index contributed by atoms with van der Waals surface area (Å²) in [5.74, 6) is -1.99. The number of amides is 1. The smallest absolute Gasteiger partial charge is 0.254 e. The van der Waals surface area contributed by atoms with Crippen LogP contribution in [0.25, 0.3) is 0 Å². The summed E-state index contributed by atoms with van der Waals surface area (Å²) < 4.78 is 45.6. The van der Waals surface area contributed by atoms with Gasteiger partial charge in [0.05, 0.1) is 12.7 Å². The van der Waals surface area contributed by atoms with Crippen molar-refractivity contribution < 1.29 is 22.7 Å². The average molecular weight is 349 g/mol. The van der Waals surface area contributed by atoms with Crippen LogP contribution in [0.4, 0.5) is 13.2 Å². The number of hydrogen-bond acceptors (Lipinski definition) is 2. The van der Waals surface area contributed by atoms with Crippen molar-refractivity contribution in [3.05, 3.63) is 71.0 Å². The molecule has 1 aliphatic rings. The van der Waals surface area contributed by atoms with Crippen molar-refractivity contribution in [2.45, 2.75) is 25.6 Å². The van der Waals surface area contributed by atoms with E-state index in [1.54, 1.807) is 11.0 Å². The first-order valence-corrected chi connectivity index (χ1v) is 8.13. The standard InChI is InChI=1S/C19H18F3NO2/c20-15-4-1-3-13(9-15)19(24)23-8-2-5-17(11-23)25-12-14-6-7-16(21)10-18(14)22/h1,3-4,6-7,9-10,17H,2,5,8,11-12H2/t17-/m1/s1. The van der Waals surface area contributed by atoms with Gasteiger partial charge in [-0.05, 0) is 37.1 Å². The van der Waals surface area contributed by atoms with Crippen molar-refractivity contribution in [2.24, 2.45) is 0 Å². The molecule has 3 rings (SSSR count). The fourth-order valence-electron chi connectivity index (χ4n) is 2.91. The Morgan fingerprint density at radius 1 is 1.12 bits per heavy atom. The molecule has 0 unspecified atom stereocenters.